The maximum Gasteiger partial charge on any atom is 0.234 e. The van der Waals surface area contributed by atoms with Gasteiger partial charge in [0.1, 0.15) is 5.82 Å². The van der Waals surface area contributed by atoms with Crippen LogP contribution in [0.2, 0.25) is 0 Å². The van der Waals surface area contributed by atoms with E-state index in [1.165, 1.54) is 16.5 Å². The van der Waals surface area contributed by atoms with Crippen LogP contribution in [-0.2, 0) is 11.3 Å². The van der Waals surface area contributed by atoms with E-state index in [2.05, 4.69) is 73.4 Å². The second-order valence-corrected chi connectivity index (χ2v) is 8.32. The number of aromatic amines is 1. The number of para-hydroxylation sites is 1. The van der Waals surface area contributed by atoms with Crippen molar-refractivity contribution in [3.63, 3.8) is 0 Å². The Morgan fingerprint density at radius 3 is 2.72 bits per heavy atom. The predicted octanol–water partition coefficient (Wildman–Crippen LogP) is 3.94. The molecule has 2 N–H and O–H groups in total. The molecule has 2 heterocycles. The number of hydrogen-bond donors (Lipinski definition) is 2. The lowest BCUT2D eigenvalue weighted by Crippen LogP contribution is -2.37. The van der Waals surface area contributed by atoms with Gasteiger partial charge in [0, 0.05) is 55.0 Å². The van der Waals surface area contributed by atoms with Gasteiger partial charge in [0.05, 0.1) is 6.54 Å². The number of imidazole rings is 1. The summed E-state index contributed by atoms with van der Waals surface area (Å²) in [7, 11) is 1.99. The third kappa shape index (κ3) is 5.26. The van der Waals surface area contributed by atoms with Gasteiger partial charge >= 0.3 is 0 Å². The van der Waals surface area contributed by atoms with E-state index < -0.39 is 0 Å². The highest BCUT2D eigenvalue weighted by molar-refractivity contribution is 5.84. The van der Waals surface area contributed by atoms with Crippen LogP contribution in [0.15, 0.2) is 73.2 Å². The third-order valence-corrected chi connectivity index (χ3v) is 5.98. The van der Waals surface area contributed by atoms with Crippen LogP contribution in [0.1, 0.15) is 29.3 Å². The Bertz CT molecular complexity index is 1150. The van der Waals surface area contributed by atoms with E-state index in [-0.39, 0.29) is 11.8 Å². The minimum absolute atomic E-state index is 0.0482. The lowest BCUT2D eigenvalue weighted by atomic mass is 9.91. The molecule has 0 saturated carbocycles. The van der Waals surface area contributed by atoms with Crippen molar-refractivity contribution in [2.24, 2.45) is 0 Å². The lowest BCUT2D eigenvalue weighted by molar-refractivity contribution is -0.122. The van der Waals surface area contributed by atoms with Crippen molar-refractivity contribution in [1.29, 1.82) is 0 Å². The van der Waals surface area contributed by atoms with Gasteiger partial charge in [0.25, 0.3) is 0 Å². The smallest absolute Gasteiger partial charge is 0.234 e. The molecule has 6 heteroatoms. The van der Waals surface area contributed by atoms with Gasteiger partial charge < -0.3 is 14.9 Å². The van der Waals surface area contributed by atoms with Gasteiger partial charge in [-0.05, 0) is 37.6 Å². The van der Waals surface area contributed by atoms with Crippen LogP contribution in [-0.4, -0.2) is 52.0 Å². The van der Waals surface area contributed by atoms with Crippen LogP contribution in [0.4, 0.5) is 0 Å². The van der Waals surface area contributed by atoms with Crippen LogP contribution in [0.25, 0.3) is 10.9 Å². The number of fused-ring (bicyclic) bond motifs is 1. The zero-order chi connectivity index (χ0) is 22.3. The number of hydrogen-bond acceptors (Lipinski definition) is 3. The number of benzene rings is 2. The van der Waals surface area contributed by atoms with E-state index in [9.17, 15) is 4.79 Å². The van der Waals surface area contributed by atoms with E-state index in [1.54, 1.807) is 0 Å². The number of nitrogens with zero attached hydrogens (tertiary/aromatic N) is 3. The van der Waals surface area contributed by atoms with Crippen LogP contribution in [0, 0.1) is 6.92 Å². The van der Waals surface area contributed by atoms with Crippen molar-refractivity contribution in [1.82, 2.24) is 24.8 Å². The number of aromatic nitrogens is 3. The Morgan fingerprint density at radius 1 is 1.16 bits per heavy atom. The summed E-state index contributed by atoms with van der Waals surface area (Å²) in [5.41, 5.74) is 3.51. The quantitative estimate of drug-likeness (QED) is 0.401. The number of aryl methyl sites for hydroxylation is 2. The molecule has 0 aliphatic carbocycles. The van der Waals surface area contributed by atoms with Crippen LogP contribution >= 0.6 is 0 Å². The van der Waals surface area contributed by atoms with E-state index >= 15 is 0 Å². The van der Waals surface area contributed by atoms with Gasteiger partial charge in [0.15, 0.2) is 0 Å². The highest BCUT2D eigenvalue weighted by atomic mass is 16.2. The Kier molecular flexibility index (Phi) is 7.02. The first-order valence-corrected chi connectivity index (χ1v) is 11.2. The average Bonchev–Trinajstić information content (AvgIpc) is 3.41. The topological polar surface area (TPSA) is 66.0 Å². The summed E-state index contributed by atoms with van der Waals surface area (Å²) in [6.07, 6.45) is 6.86. The summed E-state index contributed by atoms with van der Waals surface area (Å²) < 4.78 is 2.14. The molecule has 6 nitrogen and oxygen atoms in total. The summed E-state index contributed by atoms with van der Waals surface area (Å²) in [4.78, 5) is 22.4. The number of H-pyrrole nitrogens is 1. The fraction of sp³-hybridized carbons (Fsp3) is 0.308. The van der Waals surface area contributed by atoms with Crippen LogP contribution < -0.4 is 5.32 Å². The largest absolute Gasteiger partial charge is 0.361 e. The fourth-order valence-corrected chi connectivity index (χ4v) is 4.22. The maximum absolute atomic E-state index is 12.7. The van der Waals surface area contributed by atoms with Crippen molar-refractivity contribution in [3.8, 4) is 0 Å². The molecule has 0 spiro atoms. The second kappa shape index (κ2) is 10.3. The SMILES string of the molecule is Cc1nccn1CCCN(C)CC(=O)NCC(c1ccccc1)c1c[nH]c2ccccc12. The first-order valence-electron chi connectivity index (χ1n) is 11.2. The highest BCUT2D eigenvalue weighted by Crippen LogP contribution is 2.30. The van der Waals surface area contributed by atoms with Gasteiger partial charge in [-0.15, -0.1) is 0 Å². The van der Waals surface area contributed by atoms with Gasteiger partial charge in [-0.3, -0.25) is 9.69 Å². The highest BCUT2D eigenvalue weighted by Gasteiger charge is 2.19. The number of carbonyl (C=O) groups excluding carboxylic acids is 1. The molecular weight excluding hydrogens is 398 g/mol. The molecule has 0 bridgehead atoms. The van der Waals surface area contributed by atoms with Crippen molar-refractivity contribution in [3.05, 3.63) is 90.1 Å². The van der Waals surface area contributed by atoms with Gasteiger partial charge in [-0.1, -0.05) is 48.5 Å². The summed E-state index contributed by atoms with van der Waals surface area (Å²) in [5, 5.41) is 4.37. The molecule has 0 fully saturated rings. The number of nitrogens with one attached hydrogen (secondary N) is 2. The third-order valence-electron chi connectivity index (χ3n) is 5.98. The first kappa shape index (κ1) is 21.8. The molecule has 1 atom stereocenters. The predicted molar refractivity (Wildman–Crippen MR) is 129 cm³/mol. The van der Waals surface area contributed by atoms with E-state index in [4.69, 9.17) is 0 Å². The molecule has 1 amide bonds. The van der Waals surface area contributed by atoms with Crippen molar-refractivity contribution in [2.45, 2.75) is 25.8 Å². The number of rotatable bonds is 10. The summed E-state index contributed by atoms with van der Waals surface area (Å²) in [5.74, 6) is 1.16. The van der Waals surface area contributed by atoms with Crippen molar-refractivity contribution >= 4 is 16.8 Å². The second-order valence-electron chi connectivity index (χ2n) is 8.32. The van der Waals surface area contributed by atoms with E-state index in [0.717, 1.165) is 30.9 Å². The zero-order valence-corrected chi connectivity index (χ0v) is 18.8. The monoisotopic (exact) mass is 429 g/mol. The van der Waals surface area contributed by atoms with Crippen LogP contribution in [0.5, 0.6) is 0 Å². The summed E-state index contributed by atoms with van der Waals surface area (Å²) >= 11 is 0. The standard InChI is InChI=1S/C26H31N5O/c1-20-27-13-16-31(20)15-8-14-30(2)19-26(32)29-17-23(21-9-4-3-5-10-21)24-18-28-25-12-7-6-11-22(24)25/h3-7,9-13,16,18,23,28H,8,14-15,17,19H2,1-2H3,(H,29,32). The molecule has 0 radical (unpaired) electrons. The Balaban J connectivity index is 1.35. The van der Waals surface area contributed by atoms with Crippen LogP contribution in [0.3, 0.4) is 0 Å². The number of amides is 1. The van der Waals surface area contributed by atoms with E-state index in [1.807, 2.05) is 38.5 Å². The first-order chi connectivity index (χ1) is 15.6. The molecule has 4 rings (SSSR count). The molecule has 2 aromatic heterocycles. The summed E-state index contributed by atoms with van der Waals surface area (Å²) in [6, 6.07) is 18.7. The minimum atomic E-state index is 0.0482. The number of carbonyl (C=O) groups is 1. The molecule has 4 aromatic rings. The van der Waals surface area contributed by atoms with Gasteiger partial charge in [-0.25, -0.2) is 4.98 Å². The molecule has 0 saturated heterocycles. The van der Waals surface area contributed by atoms with Crippen molar-refractivity contribution < 1.29 is 4.79 Å². The average molecular weight is 430 g/mol. The molecule has 32 heavy (non-hydrogen) atoms. The van der Waals surface area contributed by atoms with E-state index in [0.29, 0.717) is 13.1 Å². The lowest BCUT2D eigenvalue weighted by Gasteiger charge is -2.20. The van der Waals surface area contributed by atoms with Gasteiger partial charge in [0.2, 0.25) is 5.91 Å². The Hall–Kier alpha value is -3.38. The fourth-order valence-electron chi connectivity index (χ4n) is 4.22. The maximum atomic E-state index is 12.7. The zero-order valence-electron chi connectivity index (χ0n) is 18.8. The molecule has 0 aliphatic heterocycles. The Labute approximate surface area is 189 Å². The molecule has 0 aliphatic rings. The summed E-state index contributed by atoms with van der Waals surface area (Å²) in [6.45, 7) is 4.73. The molecule has 166 valence electrons. The van der Waals surface area contributed by atoms with Gasteiger partial charge in [-0.2, -0.15) is 0 Å². The van der Waals surface area contributed by atoms with Crippen molar-refractivity contribution in [2.75, 3.05) is 26.7 Å². The molecular formula is C26H31N5O. The molecule has 2 aromatic carbocycles. The molecule has 1 unspecified atom stereocenters. The minimum Gasteiger partial charge on any atom is -0.361 e. The Morgan fingerprint density at radius 2 is 1.94 bits per heavy atom. The normalized spacial score (nSPS) is 12.3. The number of likely N-dealkylation sites (N-methyl/N-ethyl adjacent to an activating group) is 1.